The van der Waals surface area contributed by atoms with Crippen molar-refractivity contribution in [2.45, 2.75) is 218 Å². The Morgan fingerprint density at radius 2 is 1.07 bits per heavy atom. The maximum atomic E-state index is 13.0. The van der Waals surface area contributed by atoms with E-state index in [1.165, 1.54) is 109 Å². The largest absolute Gasteiger partial charge is 0.454 e. The Morgan fingerprint density at radius 3 is 1.58 bits per heavy atom. The minimum Gasteiger partial charge on any atom is -0.454 e. The van der Waals surface area contributed by atoms with Gasteiger partial charge < -0.3 is 19.3 Å². The Hall–Kier alpha value is -1.63. The van der Waals surface area contributed by atoms with Crippen molar-refractivity contribution in [1.82, 2.24) is 0 Å². The van der Waals surface area contributed by atoms with Crippen LogP contribution in [0.15, 0.2) is 0 Å². The minimum atomic E-state index is -2.23. The van der Waals surface area contributed by atoms with E-state index >= 15 is 0 Å². The van der Waals surface area contributed by atoms with Crippen molar-refractivity contribution in [3.8, 4) is 0 Å². The van der Waals surface area contributed by atoms with Crippen LogP contribution in [0.5, 0.6) is 0 Å². The van der Waals surface area contributed by atoms with Gasteiger partial charge in [-0.2, -0.15) is 0 Å². The van der Waals surface area contributed by atoms with Gasteiger partial charge >= 0.3 is 17.9 Å². The van der Waals surface area contributed by atoms with Gasteiger partial charge in [0, 0.05) is 6.42 Å². The van der Waals surface area contributed by atoms with Crippen LogP contribution in [0.2, 0.25) is 0 Å². The lowest BCUT2D eigenvalue weighted by Gasteiger charge is -2.39. The zero-order valence-corrected chi connectivity index (χ0v) is 29.4. The van der Waals surface area contributed by atoms with Crippen LogP contribution in [0.1, 0.15) is 201 Å². The molecule has 0 aliphatic carbocycles. The van der Waals surface area contributed by atoms with Crippen LogP contribution in [0.25, 0.3) is 0 Å². The predicted octanol–water partition coefficient (Wildman–Crippen LogP) is 10.0. The first-order chi connectivity index (χ1) is 21.7. The van der Waals surface area contributed by atoms with Gasteiger partial charge in [0.05, 0.1) is 12.8 Å². The fourth-order valence-corrected chi connectivity index (χ4v) is 6.84. The fourth-order valence-electron chi connectivity index (χ4n) is 6.84. The molecule has 0 saturated carbocycles. The second-order valence-electron chi connectivity index (χ2n) is 14.5. The van der Waals surface area contributed by atoms with Gasteiger partial charge in [0.2, 0.25) is 0 Å². The van der Waals surface area contributed by atoms with E-state index in [-0.39, 0.29) is 6.42 Å². The standard InChI is InChI=1S/C38H68O7/c1-4-5-6-7-8-9-10-11-12-13-17-20-23-26-29-38-33(28-25-22-19-16-14-15-18-21-24-27-32(2)3)43-34(39)30-37(42,36(41)45-38)31-35(40)44-38/h32-33,42H,4-31H2,1-3H3. The molecule has 2 fully saturated rings. The summed E-state index contributed by atoms with van der Waals surface area (Å²) in [6, 6.07) is 0. The van der Waals surface area contributed by atoms with E-state index in [0.29, 0.717) is 12.8 Å². The number of hydrogen-bond acceptors (Lipinski definition) is 7. The fraction of sp³-hybridized carbons (Fsp3) is 0.921. The maximum absolute atomic E-state index is 13.0. The summed E-state index contributed by atoms with van der Waals surface area (Å²) in [7, 11) is 0. The molecule has 2 heterocycles. The molecule has 7 nitrogen and oxygen atoms in total. The molecule has 0 amide bonds. The van der Waals surface area contributed by atoms with Crippen LogP contribution in [0.4, 0.5) is 0 Å². The highest BCUT2D eigenvalue weighted by Crippen LogP contribution is 2.40. The van der Waals surface area contributed by atoms with Gasteiger partial charge in [0.15, 0.2) is 11.7 Å². The number of cyclic esters (lactones) is 1. The molecule has 262 valence electrons. The summed E-state index contributed by atoms with van der Waals surface area (Å²) in [5.41, 5.74) is -2.23. The lowest BCUT2D eigenvalue weighted by Crippen LogP contribution is -2.55. The molecule has 2 rings (SSSR count). The number of fused-ring (bicyclic) bond motifs is 3. The summed E-state index contributed by atoms with van der Waals surface area (Å²) in [5.74, 6) is -3.22. The van der Waals surface area contributed by atoms with Crippen LogP contribution < -0.4 is 0 Å². The average molecular weight is 637 g/mol. The monoisotopic (exact) mass is 636 g/mol. The minimum absolute atomic E-state index is 0.271. The number of carbonyl (C=O) groups excluding carboxylic acids is 3. The number of hydrogen-bond donors (Lipinski definition) is 1. The molecule has 0 spiro atoms. The van der Waals surface area contributed by atoms with Crippen molar-refractivity contribution < 1.29 is 33.7 Å². The molecular weight excluding hydrogens is 568 g/mol. The topological polar surface area (TPSA) is 99.1 Å². The van der Waals surface area contributed by atoms with Crippen molar-refractivity contribution in [2.75, 3.05) is 0 Å². The molecule has 2 saturated heterocycles. The summed E-state index contributed by atoms with van der Waals surface area (Å²) in [6.07, 6.45) is 27.5. The van der Waals surface area contributed by atoms with E-state index in [4.69, 9.17) is 14.2 Å². The number of carbonyl (C=O) groups is 3. The molecule has 0 aromatic rings. The Morgan fingerprint density at radius 1 is 0.622 bits per heavy atom. The Labute approximate surface area is 275 Å². The van der Waals surface area contributed by atoms with Gasteiger partial charge in [0.1, 0.15) is 0 Å². The van der Waals surface area contributed by atoms with Gasteiger partial charge in [-0.1, -0.05) is 162 Å². The quantitative estimate of drug-likeness (QED) is 0.0707. The average Bonchev–Trinajstić information content (AvgIpc) is 3.05. The SMILES string of the molecule is CCCCCCCCCCCCCCCCC12OC(=O)CC(O)(CC(=O)OC1CCCCCCCCCCCC(C)C)C(=O)O2. The van der Waals surface area contributed by atoms with Crippen LogP contribution in [0, 0.1) is 5.92 Å². The Bertz CT molecular complexity index is 827. The van der Waals surface area contributed by atoms with Crippen molar-refractivity contribution in [2.24, 2.45) is 5.92 Å². The smallest absolute Gasteiger partial charge is 0.342 e. The summed E-state index contributed by atoms with van der Waals surface area (Å²) < 4.78 is 17.4. The van der Waals surface area contributed by atoms with Gasteiger partial charge in [-0.15, -0.1) is 0 Å². The molecule has 0 radical (unpaired) electrons. The normalized spacial score (nSPS) is 23.4. The van der Waals surface area contributed by atoms with Gasteiger partial charge in [-0.25, -0.2) is 4.79 Å². The van der Waals surface area contributed by atoms with E-state index in [9.17, 15) is 19.5 Å². The second kappa shape index (κ2) is 22.8. The highest BCUT2D eigenvalue weighted by atomic mass is 16.8. The molecule has 7 heteroatoms. The van der Waals surface area contributed by atoms with Crippen LogP contribution in [-0.4, -0.2) is 40.5 Å². The van der Waals surface area contributed by atoms with Crippen molar-refractivity contribution in [3.05, 3.63) is 0 Å². The van der Waals surface area contributed by atoms with Crippen molar-refractivity contribution in [3.63, 3.8) is 0 Å². The van der Waals surface area contributed by atoms with Gasteiger partial charge in [-0.3, -0.25) is 9.59 Å². The van der Waals surface area contributed by atoms with E-state index in [0.717, 1.165) is 44.4 Å². The third-order valence-corrected chi connectivity index (χ3v) is 9.70. The number of rotatable bonds is 27. The third kappa shape index (κ3) is 16.2. The van der Waals surface area contributed by atoms with E-state index in [1.54, 1.807) is 0 Å². The van der Waals surface area contributed by atoms with E-state index < -0.39 is 48.2 Å². The Kier molecular flexibility index (Phi) is 20.1. The lowest BCUT2D eigenvalue weighted by molar-refractivity contribution is -0.273. The third-order valence-electron chi connectivity index (χ3n) is 9.70. The highest BCUT2D eigenvalue weighted by molar-refractivity contribution is 5.92. The number of aliphatic hydroxyl groups is 1. The van der Waals surface area contributed by atoms with Crippen LogP contribution in [0.3, 0.4) is 0 Å². The van der Waals surface area contributed by atoms with Crippen molar-refractivity contribution in [1.29, 1.82) is 0 Å². The second-order valence-corrected chi connectivity index (χ2v) is 14.5. The molecule has 3 unspecified atom stereocenters. The highest BCUT2D eigenvalue weighted by Gasteiger charge is 2.58. The maximum Gasteiger partial charge on any atom is 0.342 e. The van der Waals surface area contributed by atoms with Crippen LogP contribution in [-0.2, 0) is 28.6 Å². The first-order valence-corrected chi connectivity index (χ1v) is 19.1. The Balaban J connectivity index is 1.76. The summed E-state index contributed by atoms with van der Waals surface area (Å²) in [6.45, 7) is 6.82. The first-order valence-electron chi connectivity index (χ1n) is 19.1. The van der Waals surface area contributed by atoms with Gasteiger partial charge in [-0.05, 0) is 25.2 Å². The summed E-state index contributed by atoms with van der Waals surface area (Å²) in [5, 5.41) is 10.8. The summed E-state index contributed by atoms with van der Waals surface area (Å²) >= 11 is 0. The zero-order valence-electron chi connectivity index (χ0n) is 29.4. The molecule has 0 aromatic carbocycles. The molecule has 1 N–H and O–H groups in total. The number of ether oxygens (including phenoxy) is 3. The number of esters is 3. The lowest BCUT2D eigenvalue weighted by atomic mass is 9.93. The first kappa shape index (κ1) is 39.5. The van der Waals surface area contributed by atoms with E-state index in [2.05, 4.69) is 20.8 Å². The summed E-state index contributed by atoms with van der Waals surface area (Å²) in [4.78, 5) is 38.6. The molecule has 2 aliphatic rings. The molecule has 0 aromatic heterocycles. The zero-order chi connectivity index (χ0) is 32.8. The van der Waals surface area contributed by atoms with Crippen molar-refractivity contribution >= 4 is 17.9 Å². The molecule has 45 heavy (non-hydrogen) atoms. The molecule has 2 bridgehead atoms. The molecule has 2 aliphatic heterocycles. The molecular formula is C38H68O7. The van der Waals surface area contributed by atoms with Gasteiger partial charge in [0.25, 0.3) is 5.79 Å². The predicted molar refractivity (Wildman–Crippen MR) is 180 cm³/mol. The molecule has 3 atom stereocenters. The van der Waals surface area contributed by atoms with Crippen LogP contribution >= 0.6 is 0 Å². The number of unbranched alkanes of at least 4 members (excludes halogenated alkanes) is 21. The van der Waals surface area contributed by atoms with E-state index in [1.807, 2.05) is 0 Å².